The normalized spacial score (nSPS) is 12.2. The lowest BCUT2D eigenvalue weighted by Crippen LogP contribution is -2.33. The Kier molecular flexibility index (Phi) is 5.18. The maximum atomic E-state index is 11.9. The standard InChI is InChI=1S/C11H16ClN3O2/c1-7(3-4-17-2)15-11(16)8-5-10(12)14-6-9(8)13/h5-7H,3-4,13H2,1-2H3,(H,15,16). The zero-order chi connectivity index (χ0) is 12.8. The molecule has 94 valence electrons. The molecule has 0 saturated heterocycles. The van der Waals surface area contributed by atoms with Gasteiger partial charge in [0.25, 0.3) is 5.91 Å². The van der Waals surface area contributed by atoms with Crippen molar-refractivity contribution in [3.63, 3.8) is 0 Å². The van der Waals surface area contributed by atoms with Crippen LogP contribution in [0, 0.1) is 0 Å². The van der Waals surface area contributed by atoms with Crippen LogP contribution in [0.15, 0.2) is 12.3 Å². The number of amides is 1. The molecule has 5 nitrogen and oxygen atoms in total. The highest BCUT2D eigenvalue weighted by Crippen LogP contribution is 2.15. The number of carbonyl (C=O) groups is 1. The van der Waals surface area contributed by atoms with E-state index in [1.807, 2.05) is 6.92 Å². The third kappa shape index (κ3) is 4.20. The van der Waals surface area contributed by atoms with Crippen molar-refractivity contribution >= 4 is 23.2 Å². The highest BCUT2D eigenvalue weighted by Gasteiger charge is 2.13. The van der Waals surface area contributed by atoms with E-state index in [-0.39, 0.29) is 17.1 Å². The number of nitrogens with two attached hydrogens (primary N) is 1. The first-order valence-electron chi connectivity index (χ1n) is 5.25. The molecule has 1 aromatic heterocycles. The van der Waals surface area contributed by atoms with E-state index in [4.69, 9.17) is 22.1 Å². The second-order valence-corrected chi connectivity index (χ2v) is 4.14. The fourth-order valence-corrected chi connectivity index (χ4v) is 1.46. The van der Waals surface area contributed by atoms with Crippen LogP contribution in [0.25, 0.3) is 0 Å². The monoisotopic (exact) mass is 257 g/mol. The van der Waals surface area contributed by atoms with Gasteiger partial charge in [0.05, 0.1) is 17.4 Å². The molecule has 1 unspecified atom stereocenters. The molecule has 0 saturated carbocycles. The molecule has 0 aliphatic carbocycles. The quantitative estimate of drug-likeness (QED) is 0.783. The lowest BCUT2D eigenvalue weighted by atomic mass is 10.2. The van der Waals surface area contributed by atoms with Crippen LogP contribution < -0.4 is 11.1 Å². The third-order valence-corrected chi connectivity index (χ3v) is 2.49. The van der Waals surface area contributed by atoms with E-state index in [0.717, 1.165) is 6.42 Å². The van der Waals surface area contributed by atoms with Gasteiger partial charge in [0, 0.05) is 19.8 Å². The van der Waals surface area contributed by atoms with Crippen LogP contribution in [0.1, 0.15) is 23.7 Å². The molecule has 0 aliphatic heterocycles. The summed E-state index contributed by atoms with van der Waals surface area (Å²) in [5.74, 6) is -0.254. The van der Waals surface area contributed by atoms with Gasteiger partial charge in [-0.15, -0.1) is 0 Å². The van der Waals surface area contributed by atoms with Crippen LogP contribution in [0.2, 0.25) is 5.15 Å². The maximum Gasteiger partial charge on any atom is 0.253 e. The van der Waals surface area contributed by atoms with Crippen molar-refractivity contribution in [1.29, 1.82) is 0 Å². The Morgan fingerprint density at radius 2 is 2.41 bits per heavy atom. The van der Waals surface area contributed by atoms with Crippen molar-refractivity contribution in [1.82, 2.24) is 10.3 Å². The van der Waals surface area contributed by atoms with Crippen molar-refractivity contribution in [3.8, 4) is 0 Å². The number of hydrogen-bond donors (Lipinski definition) is 2. The summed E-state index contributed by atoms with van der Waals surface area (Å²) in [4.78, 5) is 15.7. The minimum atomic E-state index is -0.254. The number of nitrogens with zero attached hydrogens (tertiary/aromatic N) is 1. The Balaban J connectivity index is 2.66. The van der Waals surface area contributed by atoms with Gasteiger partial charge in [-0.2, -0.15) is 0 Å². The molecule has 0 fully saturated rings. The lowest BCUT2D eigenvalue weighted by Gasteiger charge is -2.14. The van der Waals surface area contributed by atoms with Gasteiger partial charge in [-0.3, -0.25) is 4.79 Å². The van der Waals surface area contributed by atoms with Gasteiger partial charge in [0.1, 0.15) is 5.15 Å². The Hall–Kier alpha value is -1.33. The summed E-state index contributed by atoms with van der Waals surface area (Å²) in [5, 5.41) is 3.06. The number of ether oxygens (including phenoxy) is 1. The fourth-order valence-electron chi connectivity index (χ4n) is 1.31. The summed E-state index contributed by atoms with van der Waals surface area (Å²) in [7, 11) is 1.62. The Labute approximate surface area is 105 Å². The summed E-state index contributed by atoms with van der Waals surface area (Å²) in [5.41, 5.74) is 6.31. The highest BCUT2D eigenvalue weighted by atomic mass is 35.5. The van der Waals surface area contributed by atoms with Gasteiger partial charge in [0.2, 0.25) is 0 Å². The summed E-state index contributed by atoms with van der Waals surface area (Å²) in [6.45, 7) is 2.49. The predicted molar refractivity (Wildman–Crippen MR) is 67.1 cm³/mol. The Morgan fingerprint density at radius 1 is 1.71 bits per heavy atom. The largest absolute Gasteiger partial charge is 0.397 e. The number of nitrogen functional groups attached to an aromatic ring is 1. The molecule has 1 aromatic rings. The van der Waals surface area contributed by atoms with Gasteiger partial charge >= 0.3 is 0 Å². The molecule has 1 atom stereocenters. The molecule has 0 aliphatic rings. The molecule has 0 radical (unpaired) electrons. The van der Waals surface area contributed by atoms with Crippen LogP contribution in [-0.2, 0) is 4.74 Å². The van der Waals surface area contributed by atoms with E-state index in [0.29, 0.717) is 17.9 Å². The van der Waals surface area contributed by atoms with Gasteiger partial charge in [-0.1, -0.05) is 11.6 Å². The number of pyridine rings is 1. The van der Waals surface area contributed by atoms with Crippen molar-refractivity contribution in [2.24, 2.45) is 0 Å². The molecule has 6 heteroatoms. The van der Waals surface area contributed by atoms with Crippen molar-refractivity contribution in [2.75, 3.05) is 19.5 Å². The Bertz CT molecular complexity index is 398. The number of anilines is 1. The smallest absolute Gasteiger partial charge is 0.253 e. The number of halogens is 1. The van der Waals surface area contributed by atoms with Crippen LogP contribution in [0.3, 0.4) is 0 Å². The first-order valence-corrected chi connectivity index (χ1v) is 5.63. The molecular weight excluding hydrogens is 242 g/mol. The summed E-state index contributed by atoms with van der Waals surface area (Å²) < 4.78 is 4.94. The van der Waals surface area contributed by atoms with Gasteiger partial charge in [0.15, 0.2) is 0 Å². The van der Waals surface area contributed by atoms with Crippen molar-refractivity contribution in [3.05, 3.63) is 23.0 Å². The second kappa shape index (κ2) is 6.42. The minimum Gasteiger partial charge on any atom is -0.397 e. The zero-order valence-electron chi connectivity index (χ0n) is 9.87. The van der Waals surface area contributed by atoms with E-state index < -0.39 is 0 Å². The average Bonchev–Trinajstić information content (AvgIpc) is 2.29. The van der Waals surface area contributed by atoms with Crippen LogP contribution >= 0.6 is 11.6 Å². The number of carbonyl (C=O) groups excluding carboxylic acids is 1. The molecule has 0 bridgehead atoms. The predicted octanol–water partition coefficient (Wildman–Crippen LogP) is 1.47. The molecule has 1 rings (SSSR count). The van der Waals surface area contributed by atoms with Crippen molar-refractivity contribution < 1.29 is 9.53 Å². The molecule has 0 aromatic carbocycles. The van der Waals surface area contributed by atoms with Gasteiger partial charge < -0.3 is 15.8 Å². The molecule has 17 heavy (non-hydrogen) atoms. The van der Waals surface area contributed by atoms with Gasteiger partial charge in [-0.25, -0.2) is 4.98 Å². The topological polar surface area (TPSA) is 77.2 Å². The van der Waals surface area contributed by atoms with E-state index in [1.165, 1.54) is 12.3 Å². The fraction of sp³-hybridized carbons (Fsp3) is 0.455. The number of nitrogens with one attached hydrogen (secondary N) is 1. The summed E-state index contributed by atoms with van der Waals surface area (Å²) in [6, 6.07) is 1.46. The van der Waals surface area contributed by atoms with E-state index in [9.17, 15) is 4.79 Å². The molecule has 1 heterocycles. The minimum absolute atomic E-state index is 0.00814. The number of rotatable bonds is 5. The van der Waals surface area contributed by atoms with E-state index in [1.54, 1.807) is 7.11 Å². The average molecular weight is 258 g/mol. The van der Waals surface area contributed by atoms with E-state index >= 15 is 0 Å². The van der Waals surface area contributed by atoms with Gasteiger partial charge in [-0.05, 0) is 19.4 Å². The first kappa shape index (κ1) is 13.7. The second-order valence-electron chi connectivity index (χ2n) is 3.75. The molecule has 3 N–H and O–H groups in total. The van der Waals surface area contributed by atoms with Crippen LogP contribution in [0.5, 0.6) is 0 Å². The maximum absolute atomic E-state index is 11.9. The lowest BCUT2D eigenvalue weighted by molar-refractivity contribution is 0.0930. The molecule has 0 spiro atoms. The zero-order valence-corrected chi connectivity index (χ0v) is 10.6. The third-order valence-electron chi connectivity index (χ3n) is 2.28. The van der Waals surface area contributed by atoms with Crippen molar-refractivity contribution in [2.45, 2.75) is 19.4 Å². The molecular formula is C11H16ClN3O2. The summed E-state index contributed by atoms with van der Waals surface area (Å²) >= 11 is 5.71. The first-order chi connectivity index (χ1) is 8.04. The number of methoxy groups -OCH3 is 1. The number of aromatic nitrogens is 1. The summed E-state index contributed by atoms with van der Waals surface area (Å²) in [6.07, 6.45) is 2.11. The number of hydrogen-bond acceptors (Lipinski definition) is 4. The Morgan fingerprint density at radius 3 is 3.06 bits per heavy atom. The van der Waals surface area contributed by atoms with Crippen LogP contribution in [-0.4, -0.2) is 30.6 Å². The highest BCUT2D eigenvalue weighted by molar-refractivity contribution is 6.29. The van der Waals surface area contributed by atoms with E-state index in [2.05, 4.69) is 10.3 Å². The molecule has 1 amide bonds. The van der Waals surface area contributed by atoms with Crippen LogP contribution in [0.4, 0.5) is 5.69 Å². The SMILES string of the molecule is COCCC(C)NC(=O)c1cc(Cl)ncc1N.